The molecule has 0 saturated heterocycles. The molecule has 4 unspecified atom stereocenters. The van der Waals surface area contributed by atoms with E-state index in [1.54, 1.807) is 13.8 Å². The Hall–Kier alpha value is -1.10. The molecule has 31 heavy (non-hydrogen) atoms. The number of amides is 1. The summed E-state index contributed by atoms with van der Waals surface area (Å²) in [5, 5.41) is 16.9. The lowest BCUT2D eigenvalue weighted by Crippen LogP contribution is -2.43. The predicted octanol–water partition coefficient (Wildman–Crippen LogP) is 4.58. The first kappa shape index (κ1) is 21.7. The normalized spacial score (nSPS) is 35.2. The SMILES string of the molecule is CC(C)(O)CNCCCc1ccc(Cl)c(C(=O)NC[C@@]23CC4CC5CC(C2)C5(C4)C3)c1. The van der Waals surface area contributed by atoms with Crippen molar-refractivity contribution in [3.05, 3.63) is 34.3 Å². The van der Waals surface area contributed by atoms with Crippen LogP contribution in [-0.4, -0.2) is 36.2 Å². The lowest BCUT2D eigenvalue weighted by molar-refractivity contribution is -0.00253. The minimum absolute atomic E-state index is 0.0207. The zero-order valence-corrected chi connectivity index (χ0v) is 19.7. The summed E-state index contributed by atoms with van der Waals surface area (Å²) in [4.78, 5) is 13.1. The van der Waals surface area contributed by atoms with E-state index >= 15 is 0 Å². The van der Waals surface area contributed by atoms with Crippen LogP contribution in [0.5, 0.6) is 0 Å². The molecule has 4 aliphatic rings. The van der Waals surface area contributed by atoms with Crippen LogP contribution >= 0.6 is 11.6 Å². The first-order valence-electron chi connectivity index (χ1n) is 12.2. The molecular formula is C26H37ClN2O2. The van der Waals surface area contributed by atoms with Crippen molar-refractivity contribution in [1.29, 1.82) is 0 Å². The average molecular weight is 445 g/mol. The van der Waals surface area contributed by atoms with Gasteiger partial charge in [-0.05, 0) is 118 Å². The third kappa shape index (κ3) is 4.05. The van der Waals surface area contributed by atoms with E-state index in [2.05, 4.69) is 10.6 Å². The highest BCUT2D eigenvalue weighted by atomic mass is 35.5. The van der Waals surface area contributed by atoms with Gasteiger partial charge in [0.25, 0.3) is 5.91 Å². The molecule has 3 N–H and O–H groups in total. The van der Waals surface area contributed by atoms with E-state index in [1.165, 1.54) is 38.5 Å². The molecule has 1 aromatic rings. The van der Waals surface area contributed by atoms with Gasteiger partial charge in [0.15, 0.2) is 0 Å². The summed E-state index contributed by atoms with van der Waals surface area (Å²) in [7, 11) is 0. The number of halogens is 1. The van der Waals surface area contributed by atoms with Crippen molar-refractivity contribution in [3.63, 3.8) is 0 Å². The van der Waals surface area contributed by atoms with Crippen molar-refractivity contribution in [2.45, 2.75) is 70.8 Å². The largest absolute Gasteiger partial charge is 0.389 e. The summed E-state index contributed by atoms with van der Waals surface area (Å²) < 4.78 is 0. The molecule has 4 nitrogen and oxygen atoms in total. The fourth-order valence-corrected chi connectivity index (χ4v) is 8.02. The summed E-state index contributed by atoms with van der Waals surface area (Å²) in [6.07, 6.45) is 10.2. The standard InChI is InChI=1S/C26H37ClN2O2/c1-24(2,31)15-28-7-3-4-17-5-6-22(27)21(9-17)23(30)29-16-25-11-18-8-19-10-20(13-25)26(19,12-18)14-25/h5-6,9,18-20,28,31H,3-4,7-8,10-16H2,1-2H3,(H,29,30)/t18?,19?,20?,25-,26?/m0/s1. The van der Waals surface area contributed by atoms with Crippen molar-refractivity contribution < 1.29 is 9.90 Å². The molecule has 5 atom stereocenters. The van der Waals surface area contributed by atoms with Crippen molar-refractivity contribution in [2.24, 2.45) is 28.6 Å². The molecule has 1 aromatic carbocycles. The maximum atomic E-state index is 13.1. The van der Waals surface area contributed by atoms with Gasteiger partial charge in [-0.3, -0.25) is 4.79 Å². The Morgan fingerprint density at radius 1 is 1.23 bits per heavy atom. The number of carbonyl (C=O) groups is 1. The summed E-state index contributed by atoms with van der Waals surface area (Å²) in [6.45, 7) is 5.83. The number of benzene rings is 1. The maximum Gasteiger partial charge on any atom is 0.252 e. The van der Waals surface area contributed by atoms with Gasteiger partial charge in [0, 0.05) is 13.1 Å². The number of nitrogens with one attached hydrogen (secondary N) is 2. The van der Waals surface area contributed by atoms with Gasteiger partial charge in [-0.2, -0.15) is 0 Å². The van der Waals surface area contributed by atoms with Gasteiger partial charge in [-0.1, -0.05) is 17.7 Å². The molecule has 0 aliphatic heterocycles. The molecule has 3 bridgehead atoms. The van der Waals surface area contributed by atoms with Crippen molar-refractivity contribution in [1.82, 2.24) is 10.6 Å². The Morgan fingerprint density at radius 2 is 2.06 bits per heavy atom. The minimum Gasteiger partial charge on any atom is -0.389 e. The third-order valence-electron chi connectivity index (χ3n) is 8.86. The second-order valence-electron chi connectivity index (χ2n) is 11.8. The molecule has 1 spiro atoms. The monoisotopic (exact) mass is 444 g/mol. The number of carbonyl (C=O) groups excluding carboxylic acids is 1. The van der Waals surface area contributed by atoms with Gasteiger partial charge in [-0.25, -0.2) is 0 Å². The van der Waals surface area contributed by atoms with Gasteiger partial charge in [0.05, 0.1) is 16.2 Å². The summed E-state index contributed by atoms with van der Waals surface area (Å²) >= 11 is 6.41. The van der Waals surface area contributed by atoms with Gasteiger partial charge in [-0.15, -0.1) is 0 Å². The van der Waals surface area contributed by atoms with Crippen LogP contribution in [-0.2, 0) is 6.42 Å². The maximum absolute atomic E-state index is 13.1. The minimum atomic E-state index is -0.692. The van der Waals surface area contributed by atoms with E-state index < -0.39 is 5.60 Å². The molecule has 0 radical (unpaired) electrons. The molecule has 4 saturated carbocycles. The zero-order chi connectivity index (χ0) is 21.9. The fourth-order valence-electron chi connectivity index (χ4n) is 7.82. The Kier molecular flexibility index (Phi) is 5.43. The van der Waals surface area contributed by atoms with Crippen LogP contribution in [0.15, 0.2) is 18.2 Å². The van der Waals surface area contributed by atoms with Crippen molar-refractivity contribution in [3.8, 4) is 0 Å². The average Bonchev–Trinajstić information content (AvgIpc) is 3.01. The van der Waals surface area contributed by atoms with E-state index in [1.807, 2.05) is 18.2 Å². The molecule has 1 amide bonds. The van der Waals surface area contributed by atoms with Gasteiger partial charge in [0.1, 0.15) is 0 Å². The molecule has 5 heteroatoms. The highest BCUT2D eigenvalue weighted by Gasteiger charge is 2.70. The van der Waals surface area contributed by atoms with Crippen LogP contribution in [0.1, 0.15) is 74.7 Å². The van der Waals surface area contributed by atoms with Crippen LogP contribution in [0.2, 0.25) is 5.02 Å². The van der Waals surface area contributed by atoms with Crippen molar-refractivity contribution in [2.75, 3.05) is 19.6 Å². The number of aliphatic hydroxyl groups is 1. The highest BCUT2D eigenvalue weighted by Crippen LogP contribution is 2.78. The van der Waals surface area contributed by atoms with Crippen LogP contribution in [0, 0.1) is 28.6 Å². The predicted molar refractivity (Wildman–Crippen MR) is 124 cm³/mol. The molecule has 4 fully saturated rings. The first-order chi connectivity index (χ1) is 14.7. The van der Waals surface area contributed by atoms with Gasteiger partial charge < -0.3 is 15.7 Å². The number of fused-ring (bicyclic) bond motifs is 2. The first-order valence-corrected chi connectivity index (χ1v) is 12.6. The van der Waals surface area contributed by atoms with Crippen LogP contribution in [0.4, 0.5) is 0 Å². The van der Waals surface area contributed by atoms with Crippen LogP contribution in [0.3, 0.4) is 0 Å². The Balaban J connectivity index is 1.16. The highest BCUT2D eigenvalue weighted by molar-refractivity contribution is 6.33. The molecule has 170 valence electrons. The Morgan fingerprint density at radius 3 is 2.87 bits per heavy atom. The second kappa shape index (κ2) is 7.74. The zero-order valence-electron chi connectivity index (χ0n) is 19.0. The molecule has 0 heterocycles. The second-order valence-corrected chi connectivity index (χ2v) is 12.3. The summed E-state index contributed by atoms with van der Waals surface area (Å²) in [5.74, 6) is 2.80. The van der Waals surface area contributed by atoms with E-state index in [4.69, 9.17) is 11.6 Å². The molecule has 4 aliphatic carbocycles. The number of rotatable bonds is 9. The van der Waals surface area contributed by atoms with Crippen molar-refractivity contribution >= 4 is 17.5 Å². The molecule has 5 rings (SSSR count). The van der Waals surface area contributed by atoms with Gasteiger partial charge in [0.2, 0.25) is 0 Å². The number of hydrogen-bond acceptors (Lipinski definition) is 3. The van der Waals surface area contributed by atoms with E-state index in [0.717, 1.165) is 49.2 Å². The van der Waals surface area contributed by atoms with E-state index in [-0.39, 0.29) is 5.91 Å². The summed E-state index contributed by atoms with van der Waals surface area (Å²) in [6, 6.07) is 5.83. The van der Waals surface area contributed by atoms with Crippen LogP contribution in [0.25, 0.3) is 0 Å². The van der Waals surface area contributed by atoms with Gasteiger partial charge >= 0.3 is 0 Å². The Bertz CT molecular complexity index is 861. The summed E-state index contributed by atoms with van der Waals surface area (Å²) in [5.41, 5.74) is 2.04. The van der Waals surface area contributed by atoms with Crippen LogP contribution < -0.4 is 10.6 Å². The van der Waals surface area contributed by atoms with E-state index in [0.29, 0.717) is 28.0 Å². The third-order valence-corrected chi connectivity index (χ3v) is 9.19. The number of hydrogen-bond donors (Lipinski definition) is 3. The molecule has 0 aromatic heterocycles. The quantitative estimate of drug-likeness (QED) is 0.488. The Labute approximate surface area is 191 Å². The topological polar surface area (TPSA) is 61.4 Å². The number of aryl methyl sites for hydroxylation is 1. The lowest BCUT2D eigenvalue weighted by Gasteiger charge is -2.49. The fraction of sp³-hybridized carbons (Fsp3) is 0.731. The molecular weight excluding hydrogens is 408 g/mol. The lowest BCUT2D eigenvalue weighted by atomic mass is 9.55. The van der Waals surface area contributed by atoms with E-state index in [9.17, 15) is 9.90 Å². The smallest absolute Gasteiger partial charge is 0.252 e.